The van der Waals surface area contributed by atoms with Crippen molar-refractivity contribution in [3.8, 4) is 5.75 Å². The van der Waals surface area contributed by atoms with Crippen molar-refractivity contribution < 1.29 is 13.9 Å². The Kier molecular flexibility index (Phi) is 4.17. The van der Waals surface area contributed by atoms with Crippen LogP contribution < -0.4 is 9.64 Å². The van der Waals surface area contributed by atoms with Gasteiger partial charge in [-0.3, -0.25) is 4.79 Å². The second-order valence-corrected chi connectivity index (χ2v) is 6.72. The third-order valence-corrected chi connectivity index (χ3v) is 4.62. The first-order valence-corrected chi connectivity index (χ1v) is 8.08. The van der Waals surface area contributed by atoms with Gasteiger partial charge in [0.1, 0.15) is 11.6 Å². The topological polar surface area (TPSA) is 29.5 Å². The number of anilines is 1. The number of nitrogens with zero attached hydrogens (tertiary/aromatic N) is 1. The minimum atomic E-state index is -0.311. The average Bonchev–Trinajstić information content (AvgIpc) is 2.44. The SMILES string of the molecule is O=C1COc2cc(I)ccc2N1Cc1ccc(F)cc1Br. The van der Waals surface area contributed by atoms with Crippen molar-refractivity contribution in [3.05, 3.63) is 55.8 Å². The largest absolute Gasteiger partial charge is 0.482 e. The first-order chi connectivity index (χ1) is 10.0. The Morgan fingerprint density at radius 3 is 2.86 bits per heavy atom. The Morgan fingerprint density at radius 2 is 2.10 bits per heavy atom. The summed E-state index contributed by atoms with van der Waals surface area (Å²) >= 11 is 5.53. The van der Waals surface area contributed by atoms with Gasteiger partial charge in [-0.2, -0.15) is 0 Å². The van der Waals surface area contributed by atoms with Crippen LogP contribution in [0.2, 0.25) is 0 Å². The highest BCUT2D eigenvalue weighted by Gasteiger charge is 2.26. The van der Waals surface area contributed by atoms with E-state index in [4.69, 9.17) is 4.74 Å². The fourth-order valence-corrected chi connectivity index (χ4v) is 3.11. The third-order valence-electron chi connectivity index (χ3n) is 3.21. The van der Waals surface area contributed by atoms with Crippen molar-refractivity contribution in [3.63, 3.8) is 0 Å². The number of rotatable bonds is 2. The molecule has 0 unspecified atom stereocenters. The van der Waals surface area contributed by atoms with Crippen LogP contribution in [0.1, 0.15) is 5.56 Å². The molecule has 0 saturated heterocycles. The summed E-state index contributed by atoms with van der Waals surface area (Å²) < 4.78 is 20.3. The van der Waals surface area contributed by atoms with Crippen molar-refractivity contribution >= 4 is 50.1 Å². The van der Waals surface area contributed by atoms with Crippen molar-refractivity contribution in [1.82, 2.24) is 0 Å². The molecule has 3 nitrogen and oxygen atoms in total. The summed E-state index contributed by atoms with van der Waals surface area (Å²) in [5, 5.41) is 0. The minimum absolute atomic E-state index is 0.0197. The van der Waals surface area contributed by atoms with Crippen LogP contribution in [0.3, 0.4) is 0 Å². The van der Waals surface area contributed by atoms with E-state index in [0.29, 0.717) is 16.8 Å². The number of amides is 1. The number of ether oxygens (including phenoxy) is 1. The lowest BCUT2D eigenvalue weighted by Crippen LogP contribution is -2.38. The maximum Gasteiger partial charge on any atom is 0.265 e. The Hall–Kier alpha value is -1.15. The average molecular weight is 462 g/mol. The molecule has 0 bridgehead atoms. The molecule has 3 rings (SSSR count). The van der Waals surface area contributed by atoms with Gasteiger partial charge in [-0.25, -0.2) is 4.39 Å². The van der Waals surface area contributed by atoms with E-state index < -0.39 is 0 Å². The van der Waals surface area contributed by atoms with Crippen LogP contribution in [0.4, 0.5) is 10.1 Å². The van der Waals surface area contributed by atoms with E-state index in [2.05, 4.69) is 38.5 Å². The molecule has 6 heteroatoms. The second kappa shape index (κ2) is 5.92. The lowest BCUT2D eigenvalue weighted by atomic mass is 10.1. The van der Waals surface area contributed by atoms with Gasteiger partial charge in [0, 0.05) is 8.04 Å². The summed E-state index contributed by atoms with van der Waals surface area (Å²) in [5.41, 5.74) is 1.58. The summed E-state index contributed by atoms with van der Waals surface area (Å²) in [5.74, 6) is 0.272. The van der Waals surface area contributed by atoms with Gasteiger partial charge in [0.05, 0.1) is 12.2 Å². The zero-order valence-corrected chi connectivity index (χ0v) is 14.5. The van der Waals surface area contributed by atoms with E-state index in [0.717, 1.165) is 14.8 Å². The molecule has 0 saturated carbocycles. The lowest BCUT2D eigenvalue weighted by Gasteiger charge is -2.29. The second-order valence-electron chi connectivity index (χ2n) is 4.62. The molecule has 0 fully saturated rings. The van der Waals surface area contributed by atoms with E-state index in [1.54, 1.807) is 11.0 Å². The quantitative estimate of drug-likeness (QED) is 0.629. The molecular weight excluding hydrogens is 452 g/mol. The highest BCUT2D eigenvalue weighted by atomic mass is 127. The normalized spacial score (nSPS) is 13.9. The van der Waals surface area contributed by atoms with Crippen LogP contribution in [0.25, 0.3) is 0 Å². The van der Waals surface area contributed by atoms with Crippen molar-refractivity contribution in [1.29, 1.82) is 0 Å². The number of halogens is 3. The molecule has 1 aliphatic heterocycles. The number of hydrogen-bond acceptors (Lipinski definition) is 2. The molecule has 0 aromatic heterocycles. The predicted octanol–water partition coefficient (Wildman–Crippen LogP) is 4.12. The Labute approximate surface area is 143 Å². The minimum Gasteiger partial charge on any atom is -0.482 e. The molecule has 1 amide bonds. The number of hydrogen-bond donors (Lipinski definition) is 0. The maximum absolute atomic E-state index is 13.2. The number of carbonyl (C=O) groups is 1. The summed E-state index contributed by atoms with van der Waals surface area (Å²) in [4.78, 5) is 13.8. The van der Waals surface area contributed by atoms with Gasteiger partial charge in [-0.05, 0) is 58.5 Å². The van der Waals surface area contributed by atoms with Crippen LogP contribution >= 0.6 is 38.5 Å². The van der Waals surface area contributed by atoms with E-state index in [9.17, 15) is 9.18 Å². The molecule has 0 radical (unpaired) electrons. The Balaban J connectivity index is 1.96. The summed E-state index contributed by atoms with van der Waals surface area (Å²) in [7, 11) is 0. The van der Waals surface area contributed by atoms with Gasteiger partial charge < -0.3 is 9.64 Å². The molecule has 1 heterocycles. The number of benzene rings is 2. The van der Waals surface area contributed by atoms with E-state index >= 15 is 0 Å². The standard InChI is InChI=1S/C15H10BrFINO2/c16-12-5-10(17)2-1-9(12)7-19-13-4-3-11(18)6-14(13)21-8-15(19)20/h1-6H,7-8H2. The Morgan fingerprint density at radius 1 is 1.29 bits per heavy atom. The van der Waals surface area contributed by atoms with Crippen molar-refractivity contribution in [2.45, 2.75) is 6.54 Å². The van der Waals surface area contributed by atoms with Crippen LogP contribution in [-0.2, 0) is 11.3 Å². The summed E-state index contributed by atoms with van der Waals surface area (Å²) in [6, 6.07) is 10.2. The first kappa shape index (κ1) is 14.8. The number of fused-ring (bicyclic) bond motifs is 1. The summed E-state index contributed by atoms with van der Waals surface area (Å²) in [6.45, 7) is 0.391. The molecule has 2 aromatic carbocycles. The molecule has 0 atom stereocenters. The third kappa shape index (κ3) is 3.06. The van der Waals surface area contributed by atoms with E-state index in [-0.39, 0.29) is 18.3 Å². The fraction of sp³-hybridized carbons (Fsp3) is 0.133. The van der Waals surface area contributed by atoms with Crippen molar-refractivity contribution in [2.75, 3.05) is 11.5 Å². The molecule has 0 aliphatic carbocycles. The molecule has 108 valence electrons. The van der Waals surface area contributed by atoms with Crippen LogP contribution in [0, 0.1) is 9.39 Å². The maximum atomic E-state index is 13.2. The van der Waals surface area contributed by atoms with Crippen LogP contribution in [-0.4, -0.2) is 12.5 Å². The highest BCUT2D eigenvalue weighted by Crippen LogP contribution is 2.35. The number of carbonyl (C=O) groups excluding carboxylic acids is 1. The highest BCUT2D eigenvalue weighted by molar-refractivity contribution is 14.1. The van der Waals surface area contributed by atoms with Gasteiger partial charge in [-0.1, -0.05) is 22.0 Å². The van der Waals surface area contributed by atoms with Crippen LogP contribution in [0.15, 0.2) is 40.9 Å². The van der Waals surface area contributed by atoms with Gasteiger partial charge in [0.2, 0.25) is 0 Å². The predicted molar refractivity (Wildman–Crippen MR) is 89.9 cm³/mol. The molecule has 1 aliphatic rings. The summed E-state index contributed by atoms with van der Waals surface area (Å²) in [6.07, 6.45) is 0. The fourth-order valence-electron chi connectivity index (χ4n) is 2.17. The first-order valence-electron chi connectivity index (χ1n) is 6.21. The Bertz CT molecular complexity index is 723. The zero-order valence-electron chi connectivity index (χ0n) is 10.8. The molecule has 21 heavy (non-hydrogen) atoms. The zero-order chi connectivity index (χ0) is 15.0. The van der Waals surface area contributed by atoms with Gasteiger partial charge in [0.25, 0.3) is 5.91 Å². The van der Waals surface area contributed by atoms with Gasteiger partial charge in [0.15, 0.2) is 6.61 Å². The molecule has 0 spiro atoms. The monoisotopic (exact) mass is 461 g/mol. The molecule has 0 N–H and O–H groups in total. The van der Waals surface area contributed by atoms with Crippen molar-refractivity contribution in [2.24, 2.45) is 0 Å². The van der Waals surface area contributed by atoms with Crippen LogP contribution in [0.5, 0.6) is 5.75 Å². The smallest absolute Gasteiger partial charge is 0.265 e. The molecule has 2 aromatic rings. The van der Waals surface area contributed by atoms with Gasteiger partial charge in [-0.15, -0.1) is 0 Å². The van der Waals surface area contributed by atoms with E-state index in [1.165, 1.54) is 12.1 Å². The van der Waals surface area contributed by atoms with E-state index in [1.807, 2.05) is 18.2 Å². The molecular formula is C15H10BrFINO2. The van der Waals surface area contributed by atoms with Gasteiger partial charge >= 0.3 is 0 Å². The lowest BCUT2D eigenvalue weighted by molar-refractivity contribution is -0.121.